The van der Waals surface area contributed by atoms with Crippen LogP contribution < -0.4 is 16.0 Å². The summed E-state index contributed by atoms with van der Waals surface area (Å²) in [5, 5.41) is 24.2. The number of likely N-dealkylation sites (N-methyl/N-ethyl adjacent to an activating group) is 1. The maximum Gasteiger partial charge on any atom is 0.269 e. The number of carbonyl (C=O) groups excluding carboxylic acids is 3. The number of piperazine rings is 1. The Labute approximate surface area is 275 Å². The molecule has 4 N–H and O–H groups in total. The van der Waals surface area contributed by atoms with Gasteiger partial charge in [-0.1, -0.05) is 38.7 Å². The van der Waals surface area contributed by atoms with Gasteiger partial charge in [0, 0.05) is 44.8 Å². The molecule has 258 valence electrons. The van der Waals surface area contributed by atoms with E-state index in [-0.39, 0.29) is 36.3 Å². The monoisotopic (exact) mass is 657 g/mol. The number of amides is 3. The second-order valence-electron chi connectivity index (χ2n) is 13.4. The predicted octanol–water partition coefficient (Wildman–Crippen LogP) is 3.41. The van der Waals surface area contributed by atoms with E-state index in [0.29, 0.717) is 44.0 Å². The Balaban J connectivity index is 1.33. The molecule has 3 aliphatic rings. The Morgan fingerprint density at radius 1 is 1.04 bits per heavy atom. The van der Waals surface area contributed by atoms with E-state index in [1.165, 1.54) is 12.1 Å². The Hall–Kier alpha value is -3.58. The highest BCUT2D eigenvalue weighted by Gasteiger charge is 2.52. The third kappa shape index (κ3) is 8.29. The summed E-state index contributed by atoms with van der Waals surface area (Å²) < 4.78 is 32.0. The van der Waals surface area contributed by atoms with Gasteiger partial charge in [0.05, 0.1) is 11.7 Å². The third-order valence-corrected chi connectivity index (χ3v) is 10.1. The van der Waals surface area contributed by atoms with E-state index in [4.69, 9.17) is 0 Å². The summed E-state index contributed by atoms with van der Waals surface area (Å²) in [5.41, 5.74) is -1.10. The first-order valence-corrected chi connectivity index (χ1v) is 17.0. The van der Waals surface area contributed by atoms with Crippen molar-refractivity contribution < 1.29 is 28.3 Å². The van der Waals surface area contributed by atoms with Crippen LogP contribution in [-0.2, 0) is 16.1 Å². The first-order chi connectivity index (χ1) is 22.5. The zero-order chi connectivity index (χ0) is 33.7. The van der Waals surface area contributed by atoms with E-state index in [9.17, 15) is 23.9 Å². The molecule has 2 heterocycles. The van der Waals surface area contributed by atoms with E-state index in [2.05, 4.69) is 25.9 Å². The van der Waals surface area contributed by atoms with Gasteiger partial charge in [0.25, 0.3) is 11.8 Å². The van der Waals surface area contributed by atoms with Gasteiger partial charge in [-0.15, -0.1) is 0 Å². The maximum atomic E-state index is 15.7. The summed E-state index contributed by atoms with van der Waals surface area (Å²) in [6, 6.07) is 4.27. The van der Waals surface area contributed by atoms with Crippen LogP contribution in [0.4, 0.5) is 14.5 Å². The van der Waals surface area contributed by atoms with Crippen LogP contribution in [0.5, 0.6) is 0 Å². The molecule has 2 aromatic rings. The number of rotatable bonds is 12. The van der Waals surface area contributed by atoms with Gasteiger partial charge in [0.1, 0.15) is 23.8 Å². The van der Waals surface area contributed by atoms with Gasteiger partial charge in [-0.05, 0) is 69.3 Å². The minimum atomic E-state index is -1.96. The first kappa shape index (κ1) is 34.7. The molecule has 2 saturated carbocycles. The quantitative estimate of drug-likeness (QED) is 0.203. The van der Waals surface area contributed by atoms with Gasteiger partial charge in [-0.3, -0.25) is 19.1 Å². The van der Waals surface area contributed by atoms with E-state index in [1.54, 1.807) is 34.8 Å². The first-order valence-electron chi connectivity index (χ1n) is 17.0. The van der Waals surface area contributed by atoms with Gasteiger partial charge in [-0.2, -0.15) is 5.10 Å². The fourth-order valence-electron chi connectivity index (χ4n) is 6.73. The summed E-state index contributed by atoms with van der Waals surface area (Å²) in [6.45, 7) is 6.42. The summed E-state index contributed by atoms with van der Waals surface area (Å²) in [4.78, 5) is 43.5. The molecule has 1 aliphatic heterocycles. The van der Waals surface area contributed by atoms with Crippen LogP contribution in [0.15, 0.2) is 30.5 Å². The largest absolute Gasteiger partial charge is 0.372 e. The molecule has 1 aromatic heterocycles. The fraction of sp³-hybridized carbons (Fsp3) is 0.647. The third-order valence-electron chi connectivity index (χ3n) is 10.1. The zero-order valence-corrected chi connectivity index (χ0v) is 27.7. The summed E-state index contributed by atoms with van der Waals surface area (Å²) >= 11 is 0. The molecule has 0 bridgehead atoms. The number of hydrogen-bond donors (Lipinski definition) is 4. The molecule has 5 rings (SSSR count). The second kappa shape index (κ2) is 15.1. The van der Waals surface area contributed by atoms with Crippen molar-refractivity contribution in [1.82, 2.24) is 30.2 Å². The van der Waals surface area contributed by atoms with Crippen LogP contribution in [0.1, 0.15) is 87.2 Å². The molecule has 0 radical (unpaired) electrons. The van der Waals surface area contributed by atoms with Gasteiger partial charge >= 0.3 is 0 Å². The van der Waals surface area contributed by atoms with Crippen LogP contribution in [0.25, 0.3) is 0 Å². The minimum absolute atomic E-state index is 0.0143. The van der Waals surface area contributed by atoms with Crippen LogP contribution in [0.3, 0.4) is 0 Å². The average Bonchev–Trinajstić information content (AvgIpc) is 3.73. The number of aliphatic hydroxyl groups excluding tert-OH is 1. The lowest BCUT2D eigenvalue weighted by molar-refractivity contribution is -0.139. The lowest BCUT2D eigenvalue weighted by Gasteiger charge is -2.36. The molecule has 13 heteroatoms. The van der Waals surface area contributed by atoms with Crippen molar-refractivity contribution in [3.05, 3.63) is 47.5 Å². The normalized spacial score (nSPS) is 21.2. The second-order valence-corrected chi connectivity index (χ2v) is 13.4. The van der Waals surface area contributed by atoms with Crippen molar-refractivity contribution in [3.63, 3.8) is 0 Å². The van der Waals surface area contributed by atoms with E-state index < -0.39 is 41.6 Å². The van der Waals surface area contributed by atoms with Crippen molar-refractivity contribution >= 4 is 23.4 Å². The van der Waals surface area contributed by atoms with Crippen molar-refractivity contribution in [2.45, 2.75) is 102 Å². The Bertz CT molecular complexity index is 1400. The lowest BCUT2D eigenvalue weighted by Crippen LogP contribution is -2.56. The SMILES string of the molecule is CCn1nccc1C(=O)N[C@@H](C1CCCCCC1)C(O)Nc1ccc([C@H](C)[C@@H](NC(=O)C2(F)CC2)C(=O)N2CCN(C)CC2)cc1F. The topological polar surface area (TPSA) is 132 Å². The molecule has 1 saturated heterocycles. The number of benzene rings is 1. The highest BCUT2D eigenvalue weighted by molar-refractivity contribution is 5.94. The van der Waals surface area contributed by atoms with Crippen LogP contribution in [0, 0.1) is 11.7 Å². The molecule has 1 aromatic carbocycles. The summed E-state index contributed by atoms with van der Waals surface area (Å²) in [5.74, 6) is -2.84. The molecule has 2 aliphatic carbocycles. The van der Waals surface area contributed by atoms with Crippen LogP contribution >= 0.6 is 0 Å². The minimum Gasteiger partial charge on any atom is -0.372 e. The number of carbonyl (C=O) groups is 3. The van der Waals surface area contributed by atoms with Crippen molar-refractivity contribution in [2.24, 2.45) is 5.92 Å². The molecule has 1 unspecified atom stereocenters. The zero-order valence-electron chi connectivity index (χ0n) is 27.7. The predicted molar refractivity (Wildman–Crippen MR) is 174 cm³/mol. The molecule has 11 nitrogen and oxygen atoms in total. The highest BCUT2D eigenvalue weighted by Crippen LogP contribution is 2.40. The number of alkyl halides is 1. The van der Waals surface area contributed by atoms with Crippen LogP contribution in [0.2, 0.25) is 0 Å². The highest BCUT2D eigenvalue weighted by atomic mass is 19.1. The van der Waals surface area contributed by atoms with E-state index >= 15 is 4.39 Å². The van der Waals surface area contributed by atoms with Gasteiger partial charge in [0.2, 0.25) is 5.91 Å². The Morgan fingerprint density at radius 3 is 2.34 bits per heavy atom. The van der Waals surface area contributed by atoms with Gasteiger partial charge in [0.15, 0.2) is 5.67 Å². The molecular weight excluding hydrogens is 608 g/mol. The van der Waals surface area contributed by atoms with Gasteiger partial charge < -0.3 is 30.9 Å². The molecule has 3 amide bonds. The number of aliphatic hydroxyl groups is 1. The molecule has 3 fully saturated rings. The number of anilines is 1. The number of halogens is 2. The lowest BCUT2D eigenvalue weighted by atomic mass is 9.90. The number of aromatic nitrogens is 2. The van der Waals surface area contributed by atoms with Crippen molar-refractivity contribution in [1.29, 1.82) is 0 Å². The standard InChI is InChI=1S/C34H49F2N7O4/c1-4-43-27(13-16-37-43)30(44)39-29(23-9-7-5-6-8-10-23)31(45)38-26-12-11-24(21-25(26)35)22(2)28(40-33(47)34(36)14-15-34)32(46)42-19-17-41(3)18-20-42/h11-13,16,21-23,28-29,31,38,45H,4-10,14-15,17-20H2,1-3H3,(H,39,44)(H,40,47)/t22-,28+,29-,31?/m0/s1. The number of nitrogens with zero attached hydrogens (tertiary/aromatic N) is 4. The smallest absolute Gasteiger partial charge is 0.269 e. The molecule has 4 atom stereocenters. The number of nitrogens with one attached hydrogen (secondary N) is 3. The average molecular weight is 658 g/mol. The summed E-state index contributed by atoms with van der Waals surface area (Å²) in [7, 11) is 1.97. The van der Waals surface area contributed by atoms with E-state index in [1.807, 2.05) is 14.0 Å². The molecule has 47 heavy (non-hydrogen) atoms. The summed E-state index contributed by atoms with van der Waals surface area (Å²) in [6.07, 6.45) is 6.27. The maximum absolute atomic E-state index is 15.7. The molecule has 0 spiro atoms. The fourth-order valence-corrected chi connectivity index (χ4v) is 6.73. The Kier molecular flexibility index (Phi) is 11.2. The molecular formula is C34H49F2N7O4. The van der Waals surface area contributed by atoms with E-state index in [0.717, 1.165) is 38.5 Å². The number of hydrogen-bond acceptors (Lipinski definition) is 7. The number of aryl methyl sites for hydroxylation is 1. The van der Waals surface area contributed by atoms with Crippen molar-refractivity contribution in [2.75, 3.05) is 38.5 Å². The van der Waals surface area contributed by atoms with Crippen molar-refractivity contribution in [3.8, 4) is 0 Å². The van der Waals surface area contributed by atoms with Gasteiger partial charge in [-0.25, -0.2) is 8.78 Å². The van der Waals surface area contributed by atoms with Crippen LogP contribution in [-0.4, -0.2) is 99.6 Å². The Morgan fingerprint density at radius 2 is 1.72 bits per heavy atom.